The minimum absolute atomic E-state index is 0.00344. The number of fused-ring (bicyclic) bond motifs is 5. The highest BCUT2D eigenvalue weighted by atomic mass is 16.6. The Kier molecular flexibility index (Phi) is 8.59. The van der Waals surface area contributed by atoms with Crippen LogP contribution < -0.4 is 0 Å². The first kappa shape index (κ1) is 30.1. The van der Waals surface area contributed by atoms with Gasteiger partial charge in [0.25, 0.3) is 0 Å². The minimum atomic E-state index is -1.18. The van der Waals surface area contributed by atoms with Crippen molar-refractivity contribution in [2.75, 3.05) is 0 Å². The van der Waals surface area contributed by atoms with Gasteiger partial charge in [0.2, 0.25) is 0 Å². The van der Waals surface area contributed by atoms with Crippen LogP contribution in [0.25, 0.3) is 0 Å². The van der Waals surface area contributed by atoms with Gasteiger partial charge in [0.15, 0.2) is 11.6 Å². The Hall–Kier alpha value is -0.870. The molecule has 0 aromatic carbocycles. The van der Waals surface area contributed by atoms with Crippen LogP contribution in [-0.4, -0.2) is 27.9 Å². The number of aliphatic hydroxyl groups excluding tert-OH is 1. The molecule has 0 saturated heterocycles. The van der Waals surface area contributed by atoms with E-state index < -0.39 is 5.79 Å². The SMILES string of the molecule is CC[C@H](CC(C)[C@@H](C)C1CCC2[C@@H]3[C@@H](OC(C)(C)O)C[C@H]4CC(=O)/C(=C/O)C[C@]4(C)[C@H]3CC[C@]12C)C(C)C. The summed E-state index contributed by atoms with van der Waals surface area (Å²) in [6.45, 7) is 20.7. The zero-order valence-electron chi connectivity index (χ0n) is 25.9. The van der Waals surface area contributed by atoms with E-state index in [1.165, 1.54) is 32.1 Å². The summed E-state index contributed by atoms with van der Waals surface area (Å²) < 4.78 is 6.50. The van der Waals surface area contributed by atoms with E-state index >= 15 is 0 Å². The molecule has 4 nitrogen and oxygen atoms in total. The molecule has 0 spiro atoms. The number of aliphatic hydroxyl groups is 2. The van der Waals surface area contributed by atoms with E-state index in [1.807, 2.05) is 0 Å². The lowest BCUT2D eigenvalue weighted by molar-refractivity contribution is -0.262. The molecular formula is C34H58O4. The average Bonchev–Trinajstić information content (AvgIpc) is 3.18. The Balaban J connectivity index is 1.64. The summed E-state index contributed by atoms with van der Waals surface area (Å²) in [7, 11) is 0. The molecule has 4 saturated carbocycles. The van der Waals surface area contributed by atoms with E-state index in [2.05, 4.69) is 48.5 Å². The topological polar surface area (TPSA) is 66.8 Å². The van der Waals surface area contributed by atoms with Gasteiger partial charge in [-0.1, -0.05) is 54.9 Å². The van der Waals surface area contributed by atoms with Crippen LogP contribution >= 0.6 is 0 Å². The standard InChI is InChI=1S/C34H58O4/c1-10-23(20(2)3)15-21(4)22(5)26-11-12-27-31-28(13-14-33(26,27)8)34(9)18-24(19-35)29(36)16-25(34)17-30(31)38-32(6,7)37/h19-23,25-28,30-31,35,37H,10-18H2,1-9H3/b24-19+/t21?,22-,23-,25-,26?,27?,28+,30+,31+,33-,34+/m1/s1. The third kappa shape index (κ3) is 5.27. The number of Topliss-reactive ketones (excluding diaryl/α,β-unsaturated/α-hetero) is 1. The van der Waals surface area contributed by atoms with Crippen molar-refractivity contribution in [2.24, 2.45) is 64.1 Å². The predicted octanol–water partition coefficient (Wildman–Crippen LogP) is 8.33. The minimum Gasteiger partial charge on any atom is -0.515 e. The highest BCUT2D eigenvalue weighted by Gasteiger charge is 2.64. The fraction of sp³-hybridized carbons (Fsp3) is 0.912. The van der Waals surface area contributed by atoms with Crippen molar-refractivity contribution in [3.8, 4) is 0 Å². The van der Waals surface area contributed by atoms with Crippen molar-refractivity contribution in [3.63, 3.8) is 0 Å². The molecule has 4 rings (SSSR count). The molecular weight excluding hydrogens is 472 g/mol. The van der Waals surface area contributed by atoms with Crippen LogP contribution in [-0.2, 0) is 9.53 Å². The highest BCUT2D eigenvalue weighted by molar-refractivity contribution is 5.96. The van der Waals surface area contributed by atoms with Gasteiger partial charge in [-0.25, -0.2) is 0 Å². The van der Waals surface area contributed by atoms with Crippen molar-refractivity contribution in [1.29, 1.82) is 0 Å². The number of hydrogen-bond donors (Lipinski definition) is 2. The number of carbonyl (C=O) groups is 1. The van der Waals surface area contributed by atoms with Crippen LogP contribution in [0, 0.1) is 64.1 Å². The van der Waals surface area contributed by atoms with E-state index in [-0.39, 0.29) is 23.2 Å². The van der Waals surface area contributed by atoms with Crippen LogP contribution in [0.5, 0.6) is 0 Å². The van der Waals surface area contributed by atoms with Crippen LogP contribution in [0.4, 0.5) is 0 Å². The summed E-state index contributed by atoms with van der Waals surface area (Å²) in [5.74, 6) is 4.26. The molecule has 4 aliphatic rings. The molecule has 4 heteroatoms. The van der Waals surface area contributed by atoms with Crippen LogP contribution in [0.2, 0.25) is 0 Å². The molecule has 4 fully saturated rings. The zero-order valence-corrected chi connectivity index (χ0v) is 25.9. The van der Waals surface area contributed by atoms with E-state index in [1.54, 1.807) is 13.8 Å². The number of carbonyl (C=O) groups excluding carboxylic acids is 1. The number of allylic oxidation sites excluding steroid dienone is 1. The largest absolute Gasteiger partial charge is 0.515 e. The summed E-state index contributed by atoms with van der Waals surface area (Å²) in [4.78, 5) is 12.8. The van der Waals surface area contributed by atoms with Crippen molar-refractivity contribution in [3.05, 3.63) is 11.8 Å². The molecule has 2 N–H and O–H groups in total. The van der Waals surface area contributed by atoms with E-state index in [9.17, 15) is 15.0 Å². The molecule has 0 bridgehead atoms. The normalized spacial score (nSPS) is 42.9. The van der Waals surface area contributed by atoms with Gasteiger partial charge in [-0.15, -0.1) is 0 Å². The average molecular weight is 531 g/mol. The lowest BCUT2D eigenvalue weighted by atomic mass is 9.43. The van der Waals surface area contributed by atoms with Crippen molar-refractivity contribution in [1.82, 2.24) is 0 Å². The lowest BCUT2D eigenvalue weighted by Crippen LogP contribution is -2.60. The quantitative estimate of drug-likeness (QED) is 0.188. The maximum absolute atomic E-state index is 12.8. The Bertz CT molecular complexity index is 885. The van der Waals surface area contributed by atoms with Gasteiger partial charge < -0.3 is 14.9 Å². The van der Waals surface area contributed by atoms with E-state index in [4.69, 9.17) is 4.74 Å². The van der Waals surface area contributed by atoms with Gasteiger partial charge in [-0.2, -0.15) is 0 Å². The summed E-state index contributed by atoms with van der Waals surface area (Å²) in [6, 6.07) is 0. The first-order valence-electron chi connectivity index (χ1n) is 15.9. The predicted molar refractivity (Wildman–Crippen MR) is 154 cm³/mol. The molecule has 0 amide bonds. The van der Waals surface area contributed by atoms with Gasteiger partial charge >= 0.3 is 0 Å². The first-order valence-corrected chi connectivity index (χ1v) is 15.9. The second-order valence-corrected chi connectivity index (χ2v) is 15.5. The van der Waals surface area contributed by atoms with Gasteiger partial charge in [0, 0.05) is 12.0 Å². The molecule has 38 heavy (non-hydrogen) atoms. The number of rotatable bonds is 8. The first-order chi connectivity index (χ1) is 17.7. The maximum Gasteiger partial charge on any atom is 0.162 e. The number of ether oxygens (including phenoxy) is 1. The molecule has 218 valence electrons. The van der Waals surface area contributed by atoms with Crippen LogP contribution in [0.15, 0.2) is 11.8 Å². The van der Waals surface area contributed by atoms with Crippen molar-refractivity contribution >= 4 is 5.78 Å². The molecule has 0 aromatic heterocycles. The molecule has 11 atom stereocenters. The number of ketones is 1. The molecule has 4 aliphatic carbocycles. The highest BCUT2D eigenvalue weighted by Crippen LogP contribution is 2.69. The Labute approximate surface area is 233 Å². The molecule has 0 aromatic rings. The van der Waals surface area contributed by atoms with Crippen molar-refractivity contribution < 1.29 is 19.7 Å². The van der Waals surface area contributed by atoms with Crippen molar-refractivity contribution in [2.45, 2.75) is 132 Å². The van der Waals surface area contributed by atoms with Gasteiger partial charge in [-0.05, 0) is 123 Å². The summed E-state index contributed by atoms with van der Waals surface area (Å²) in [6.07, 6.45) is 10.6. The summed E-state index contributed by atoms with van der Waals surface area (Å²) in [5.41, 5.74) is 0.898. The van der Waals surface area contributed by atoms with Gasteiger partial charge in [0.05, 0.1) is 12.4 Å². The summed E-state index contributed by atoms with van der Waals surface area (Å²) in [5, 5.41) is 20.7. The fourth-order valence-corrected chi connectivity index (χ4v) is 10.5. The smallest absolute Gasteiger partial charge is 0.162 e. The van der Waals surface area contributed by atoms with Gasteiger partial charge in [-0.3, -0.25) is 4.79 Å². The number of hydrogen-bond acceptors (Lipinski definition) is 4. The maximum atomic E-state index is 12.8. The Morgan fingerprint density at radius 3 is 2.32 bits per heavy atom. The molecule has 0 radical (unpaired) electrons. The van der Waals surface area contributed by atoms with Crippen LogP contribution in [0.1, 0.15) is 120 Å². The Morgan fingerprint density at radius 1 is 1.08 bits per heavy atom. The monoisotopic (exact) mass is 530 g/mol. The second kappa shape index (κ2) is 10.8. The van der Waals surface area contributed by atoms with Crippen LogP contribution in [0.3, 0.4) is 0 Å². The molecule has 3 unspecified atom stereocenters. The Morgan fingerprint density at radius 2 is 1.74 bits per heavy atom. The third-order valence-corrected chi connectivity index (χ3v) is 12.8. The lowest BCUT2D eigenvalue weighted by Gasteiger charge is -2.63. The van der Waals surface area contributed by atoms with E-state index in [0.29, 0.717) is 47.5 Å². The second-order valence-electron chi connectivity index (χ2n) is 15.5. The molecule has 0 aliphatic heterocycles. The fourth-order valence-electron chi connectivity index (χ4n) is 10.5. The van der Waals surface area contributed by atoms with E-state index in [0.717, 1.165) is 42.8 Å². The van der Waals surface area contributed by atoms with Gasteiger partial charge in [0.1, 0.15) is 0 Å². The third-order valence-electron chi connectivity index (χ3n) is 12.8. The summed E-state index contributed by atoms with van der Waals surface area (Å²) >= 11 is 0. The molecule has 0 heterocycles. The zero-order chi connectivity index (χ0) is 28.2.